The average Bonchev–Trinajstić information content (AvgIpc) is 2.64. The minimum atomic E-state index is -0.478. The van der Waals surface area contributed by atoms with Gasteiger partial charge in [0.1, 0.15) is 17.0 Å². The highest BCUT2D eigenvalue weighted by Crippen LogP contribution is 2.44. The van der Waals surface area contributed by atoms with Crippen LogP contribution < -0.4 is 14.8 Å². The molecule has 1 atom stereocenters. The summed E-state index contributed by atoms with van der Waals surface area (Å²) in [6, 6.07) is 7.19. The SMILES string of the molecule is COC(=O)CSC1=C(C#N)C(=O)N[C@H](c2ccc(OC)c(OC)c2)S1. The van der Waals surface area contributed by atoms with E-state index in [1.165, 1.54) is 33.1 Å². The van der Waals surface area contributed by atoms with Gasteiger partial charge in [0.25, 0.3) is 5.91 Å². The fraction of sp³-hybridized carbons (Fsp3) is 0.312. The summed E-state index contributed by atoms with van der Waals surface area (Å²) in [6.07, 6.45) is 0. The van der Waals surface area contributed by atoms with Crippen LogP contribution in [-0.2, 0) is 14.3 Å². The number of rotatable bonds is 6. The lowest BCUT2D eigenvalue weighted by Crippen LogP contribution is -2.31. The summed E-state index contributed by atoms with van der Waals surface area (Å²) in [5, 5.41) is 11.6. The highest BCUT2D eigenvalue weighted by atomic mass is 32.2. The summed E-state index contributed by atoms with van der Waals surface area (Å²) in [7, 11) is 4.35. The summed E-state index contributed by atoms with van der Waals surface area (Å²) < 4.78 is 15.6. The van der Waals surface area contributed by atoms with Crippen LogP contribution in [0.4, 0.5) is 0 Å². The Morgan fingerprint density at radius 1 is 1.32 bits per heavy atom. The Bertz CT molecular complexity index is 757. The van der Waals surface area contributed by atoms with Crippen LogP contribution >= 0.6 is 23.5 Å². The second-order valence-corrected chi connectivity index (χ2v) is 7.08. The predicted octanol–water partition coefficient (Wildman–Crippen LogP) is 2.21. The molecule has 0 bridgehead atoms. The van der Waals surface area contributed by atoms with E-state index in [1.807, 2.05) is 6.07 Å². The van der Waals surface area contributed by atoms with Crippen molar-refractivity contribution in [3.8, 4) is 17.6 Å². The molecule has 1 aliphatic heterocycles. The molecule has 7 nitrogen and oxygen atoms in total. The fourth-order valence-electron chi connectivity index (χ4n) is 2.03. The van der Waals surface area contributed by atoms with Crippen LogP contribution in [-0.4, -0.2) is 39.0 Å². The summed E-state index contributed by atoms with van der Waals surface area (Å²) in [6.45, 7) is 0. The first-order valence-corrected chi connectivity index (χ1v) is 8.94. The maximum absolute atomic E-state index is 12.2. The number of hydrogen-bond acceptors (Lipinski definition) is 8. The molecule has 1 aliphatic rings. The molecule has 1 heterocycles. The molecule has 0 aromatic heterocycles. The van der Waals surface area contributed by atoms with Crippen molar-refractivity contribution in [2.24, 2.45) is 0 Å². The number of nitrogens with zero attached hydrogens (tertiary/aromatic N) is 1. The summed E-state index contributed by atoms with van der Waals surface area (Å²) in [5.41, 5.74) is 0.778. The van der Waals surface area contributed by atoms with Crippen LogP contribution in [0.25, 0.3) is 0 Å². The molecule has 2 rings (SSSR count). The molecule has 0 aliphatic carbocycles. The lowest BCUT2D eigenvalue weighted by atomic mass is 10.2. The Labute approximate surface area is 153 Å². The van der Waals surface area contributed by atoms with Crippen molar-refractivity contribution in [2.45, 2.75) is 5.37 Å². The number of methoxy groups -OCH3 is 3. The largest absolute Gasteiger partial charge is 0.493 e. The highest BCUT2D eigenvalue weighted by molar-refractivity contribution is 8.22. The Hall–Kier alpha value is -2.31. The van der Waals surface area contributed by atoms with Crippen molar-refractivity contribution >= 4 is 35.4 Å². The maximum Gasteiger partial charge on any atom is 0.316 e. The zero-order chi connectivity index (χ0) is 18.4. The highest BCUT2D eigenvalue weighted by Gasteiger charge is 2.30. The van der Waals surface area contributed by atoms with Crippen molar-refractivity contribution in [1.29, 1.82) is 5.26 Å². The van der Waals surface area contributed by atoms with E-state index in [0.717, 1.165) is 17.3 Å². The summed E-state index contributed by atoms with van der Waals surface area (Å²) in [4.78, 5) is 23.6. The Morgan fingerprint density at radius 2 is 2.04 bits per heavy atom. The van der Waals surface area contributed by atoms with Crippen LogP contribution in [0.3, 0.4) is 0 Å². The number of amides is 1. The van der Waals surface area contributed by atoms with Gasteiger partial charge in [-0.2, -0.15) is 5.26 Å². The fourth-order valence-corrected chi connectivity index (χ4v) is 4.34. The molecule has 1 aromatic rings. The molecule has 1 N–H and O–H groups in total. The van der Waals surface area contributed by atoms with Crippen molar-refractivity contribution in [2.75, 3.05) is 27.1 Å². The van der Waals surface area contributed by atoms with E-state index in [1.54, 1.807) is 18.2 Å². The molecule has 0 saturated carbocycles. The zero-order valence-electron chi connectivity index (χ0n) is 13.8. The number of esters is 1. The first kappa shape index (κ1) is 19.0. The van der Waals surface area contributed by atoms with E-state index in [0.29, 0.717) is 15.7 Å². The minimum absolute atomic E-state index is 0.00405. The van der Waals surface area contributed by atoms with Crippen LogP contribution in [0.15, 0.2) is 28.0 Å². The number of nitriles is 1. The number of hydrogen-bond donors (Lipinski definition) is 1. The third kappa shape index (κ3) is 4.41. The van der Waals surface area contributed by atoms with Crippen molar-refractivity contribution in [3.05, 3.63) is 33.6 Å². The van der Waals surface area contributed by atoms with Gasteiger partial charge in [0.05, 0.1) is 31.3 Å². The van der Waals surface area contributed by atoms with Gasteiger partial charge in [-0.15, -0.1) is 11.8 Å². The Kier molecular flexibility index (Phi) is 6.61. The molecule has 9 heteroatoms. The molecule has 0 saturated heterocycles. The van der Waals surface area contributed by atoms with E-state index >= 15 is 0 Å². The van der Waals surface area contributed by atoms with Gasteiger partial charge < -0.3 is 19.5 Å². The lowest BCUT2D eigenvalue weighted by molar-refractivity contribution is -0.137. The molecule has 1 aromatic carbocycles. The standard InChI is InChI=1S/C16H16N2O5S2/c1-21-11-5-4-9(6-12(11)22-2)15-18-14(20)10(7-17)16(25-15)24-8-13(19)23-3/h4-6,15H,8H2,1-3H3,(H,18,20)/t15-/m0/s1. The minimum Gasteiger partial charge on any atom is -0.493 e. The van der Waals surface area contributed by atoms with Crippen molar-refractivity contribution in [3.63, 3.8) is 0 Å². The number of nitrogens with one attached hydrogen (secondary N) is 1. The summed E-state index contributed by atoms with van der Waals surface area (Å²) >= 11 is 2.40. The zero-order valence-corrected chi connectivity index (χ0v) is 15.5. The van der Waals surface area contributed by atoms with Gasteiger partial charge in [-0.1, -0.05) is 17.8 Å². The molecule has 25 heavy (non-hydrogen) atoms. The van der Waals surface area contributed by atoms with Crippen molar-refractivity contribution in [1.82, 2.24) is 5.32 Å². The topological polar surface area (TPSA) is 97.7 Å². The third-order valence-electron chi connectivity index (χ3n) is 3.29. The number of thioether (sulfide) groups is 2. The monoisotopic (exact) mass is 380 g/mol. The molecular formula is C16H16N2O5S2. The van der Waals surface area contributed by atoms with E-state index in [9.17, 15) is 14.9 Å². The van der Waals surface area contributed by atoms with E-state index in [2.05, 4.69) is 10.1 Å². The van der Waals surface area contributed by atoms with E-state index < -0.39 is 17.3 Å². The van der Waals surface area contributed by atoms with Crippen LogP contribution in [0, 0.1) is 11.3 Å². The van der Waals surface area contributed by atoms with Crippen LogP contribution in [0.2, 0.25) is 0 Å². The van der Waals surface area contributed by atoms with Gasteiger partial charge in [0.2, 0.25) is 0 Å². The number of carbonyl (C=O) groups is 2. The van der Waals surface area contributed by atoms with E-state index in [4.69, 9.17) is 9.47 Å². The Balaban J connectivity index is 2.28. The normalized spacial score (nSPS) is 16.7. The molecular weight excluding hydrogens is 364 g/mol. The smallest absolute Gasteiger partial charge is 0.316 e. The molecule has 0 unspecified atom stereocenters. The average molecular weight is 380 g/mol. The first-order valence-electron chi connectivity index (χ1n) is 7.07. The molecule has 0 spiro atoms. The molecule has 1 amide bonds. The second-order valence-electron chi connectivity index (χ2n) is 4.72. The molecule has 0 radical (unpaired) electrons. The van der Waals surface area contributed by atoms with Gasteiger partial charge in [-0.3, -0.25) is 9.59 Å². The number of ether oxygens (including phenoxy) is 3. The molecule has 0 fully saturated rings. The number of benzene rings is 1. The van der Waals surface area contributed by atoms with Crippen LogP contribution in [0.5, 0.6) is 11.5 Å². The maximum atomic E-state index is 12.2. The van der Waals surface area contributed by atoms with Crippen LogP contribution in [0.1, 0.15) is 10.9 Å². The van der Waals surface area contributed by atoms with Gasteiger partial charge in [-0.25, -0.2) is 0 Å². The van der Waals surface area contributed by atoms with Gasteiger partial charge in [0.15, 0.2) is 11.5 Å². The Morgan fingerprint density at radius 3 is 2.64 bits per heavy atom. The first-order chi connectivity index (χ1) is 12.0. The third-order valence-corrected chi connectivity index (χ3v) is 5.82. The second kappa shape index (κ2) is 8.69. The quantitative estimate of drug-likeness (QED) is 0.750. The van der Waals surface area contributed by atoms with Gasteiger partial charge in [-0.05, 0) is 17.7 Å². The summed E-state index contributed by atoms with van der Waals surface area (Å²) in [5.74, 6) is 0.230. The van der Waals surface area contributed by atoms with Crippen molar-refractivity contribution < 1.29 is 23.8 Å². The number of carbonyl (C=O) groups excluding carboxylic acids is 2. The lowest BCUT2D eigenvalue weighted by Gasteiger charge is -2.25. The van der Waals surface area contributed by atoms with Gasteiger partial charge >= 0.3 is 5.97 Å². The predicted molar refractivity (Wildman–Crippen MR) is 95.1 cm³/mol. The van der Waals surface area contributed by atoms with E-state index in [-0.39, 0.29) is 11.3 Å². The van der Waals surface area contributed by atoms with Gasteiger partial charge in [0, 0.05) is 0 Å². The molecule has 132 valence electrons.